The number of ketones is 1. The smallest absolute Gasteiger partial charge is 0.258 e. The largest absolute Gasteiger partial charge is 0.307 e. The van der Waals surface area contributed by atoms with E-state index in [9.17, 15) is 9.59 Å². The first-order valence-corrected chi connectivity index (χ1v) is 7.15. The van der Waals surface area contributed by atoms with Gasteiger partial charge in [0.25, 0.3) is 5.91 Å². The first-order valence-electron chi connectivity index (χ1n) is 6.77. The molecule has 0 unspecified atom stereocenters. The van der Waals surface area contributed by atoms with Crippen LogP contribution < -0.4 is 4.90 Å². The second kappa shape index (κ2) is 5.34. The molecule has 106 valence electrons. The molecule has 0 spiro atoms. The SMILES string of the molecule is Cc1cc(Cl)cc(C(=O)N2CCC(=O)c3ccccc32)c1. The fraction of sp³-hybridized carbons (Fsp3) is 0.176. The van der Waals surface area contributed by atoms with Gasteiger partial charge in [-0.1, -0.05) is 23.7 Å². The summed E-state index contributed by atoms with van der Waals surface area (Å²) in [4.78, 5) is 26.3. The van der Waals surface area contributed by atoms with Crippen LogP contribution in [0.3, 0.4) is 0 Å². The molecule has 4 heteroatoms. The van der Waals surface area contributed by atoms with Gasteiger partial charge in [0, 0.05) is 29.1 Å². The fourth-order valence-corrected chi connectivity index (χ4v) is 2.93. The molecule has 1 heterocycles. The highest BCUT2D eigenvalue weighted by Crippen LogP contribution is 2.28. The molecule has 2 aromatic carbocycles. The van der Waals surface area contributed by atoms with Gasteiger partial charge in [0.15, 0.2) is 5.78 Å². The van der Waals surface area contributed by atoms with Crippen molar-refractivity contribution in [2.24, 2.45) is 0 Å². The molecule has 1 aliphatic heterocycles. The molecule has 0 saturated carbocycles. The summed E-state index contributed by atoms with van der Waals surface area (Å²) in [5, 5.41) is 0.541. The van der Waals surface area contributed by atoms with Gasteiger partial charge in [-0.25, -0.2) is 0 Å². The van der Waals surface area contributed by atoms with Crippen LogP contribution in [0.25, 0.3) is 0 Å². The lowest BCUT2D eigenvalue weighted by Gasteiger charge is -2.28. The maximum absolute atomic E-state index is 12.7. The Balaban J connectivity index is 2.03. The summed E-state index contributed by atoms with van der Waals surface area (Å²) in [7, 11) is 0. The summed E-state index contributed by atoms with van der Waals surface area (Å²) in [6.45, 7) is 2.30. The Morgan fingerprint density at radius 3 is 2.71 bits per heavy atom. The average molecular weight is 300 g/mol. The number of amides is 1. The van der Waals surface area contributed by atoms with Crippen LogP contribution in [0.15, 0.2) is 42.5 Å². The van der Waals surface area contributed by atoms with Crippen LogP contribution in [-0.4, -0.2) is 18.2 Å². The van der Waals surface area contributed by atoms with Crippen molar-refractivity contribution in [1.29, 1.82) is 0 Å². The Kier molecular flexibility index (Phi) is 3.52. The zero-order valence-corrected chi connectivity index (χ0v) is 12.4. The van der Waals surface area contributed by atoms with Gasteiger partial charge in [-0.3, -0.25) is 9.59 Å². The third-order valence-electron chi connectivity index (χ3n) is 3.59. The molecule has 21 heavy (non-hydrogen) atoms. The van der Waals surface area contributed by atoms with E-state index in [1.54, 1.807) is 17.0 Å². The minimum absolute atomic E-state index is 0.0805. The number of rotatable bonds is 1. The molecule has 0 aliphatic carbocycles. The Morgan fingerprint density at radius 1 is 1.19 bits per heavy atom. The van der Waals surface area contributed by atoms with Gasteiger partial charge >= 0.3 is 0 Å². The van der Waals surface area contributed by atoms with E-state index < -0.39 is 0 Å². The van der Waals surface area contributed by atoms with Crippen molar-refractivity contribution in [3.8, 4) is 0 Å². The molecule has 0 atom stereocenters. The van der Waals surface area contributed by atoms with Gasteiger partial charge in [0.1, 0.15) is 0 Å². The number of hydrogen-bond donors (Lipinski definition) is 0. The van der Waals surface area contributed by atoms with E-state index >= 15 is 0 Å². The van der Waals surface area contributed by atoms with Gasteiger partial charge < -0.3 is 4.90 Å². The van der Waals surface area contributed by atoms with E-state index in [4.69, 9.17) is 11.6 Å². The maximum atomic E-state index is 12.7. The van der Waals surface area contributed by atoms with Crippen LogP contribution in [0.4, 0.5) is 5.69 Å². The summed E-state index contributed by atoms with van der Waals surface area (Å²) in [6.07, 6.45) is 0.350. The highest BCUT2D eigenvalue weighted by Gasteiger charge is 2.27. The van der Waals surface area contributed by atoms with Crippen LogP contribution >= 0.6 is 11.6 Å². The van der Waals surface area contributed by atoms with Gasteiger partial charge in [0.05, 0.1) is 5.69 Å². The number of fused-ring (bicyclic) bond motifs is 1. The second-order valence-corrected chi connectivity index (χ2v) is 5.60. The van der Waals surface area contributed by atoms with Gasteiger partial charge in [0.2, 0.25) is 0 Å². The van der Waals surface area contributed by atoms with Gasteiger partial charge in [-0.15, -0.1) is 0 Å². The first kappa shape index (κ1) is 13.8. The third kappa shape index (κ3) is 2.57. The standard InChI is InChI=1S/C17H14ClNO2/c1-11-8-12(10-13(18)9-11)17(21)19-7-6-16(20)14-4-2-3-5-15(14)19/h2-5,8-10H,6-7H2,1H3. The van der Waals surface area contributed by atoms with Gasteiger partial charge in [-0.2, -0.15) is 0 Å². The number of nitrogens with zero attached hydrogens (tertiary/aromatic N) is 1. The highest BCUT2D eigenvalue weighted by atomic mass is 35.5. The van der Waals surface area contributed by atoms with Crippen molar-refractivity contribution in [3.05, 3.63) is 64.2 Å². The van der Waals surface area contributed by atoms with Crippen LogP contribution in [0.1, 0.15) is 32.7 Å². The lowest BCUT2D eigenvalue weighted by Crippen LogP contribution is -2.37. The van der Waals surface area contributed by atoms with Crippen LogP contribution in [0.2, 0.25) is 5.02 Å². The summed E-state index contributed by atoms with van der Waals surface area (Å²) in [6, 6.07) is 12.5. The van der Waals surface area contributed by atoms with E-state index in [2.05, 4.69) is 0 Å². The lowest BCUT2D eigenvalue weighted by molar-refractivity contribution is 0.0955. The van der Waals surface area contributed by atoms with Crippen molar-refractivity contribution in [1.82, 2.24) is 0 Å². The predicted molar refractivity (Wildman–Crippen MR) is 83.3 cm³/mol. The molecule has 0 N–H and O–H groups in total. The Bertz CT molecular complexity index is 719. The zero-order chi connectivity index (χ0) is 15.0. The summed E-state index contributed by atoms with van der Waals surface area (Å²) in [5.74, 6) is -0.0440. The summed E-state index contributed by atoms with van der Waals surface area (Å²) >= 11 is 6.03. The van der Waals surface area contributed by atoms with E-state index in [1.165, 1.54) is 0 Å². The van der Waals surface area contributed by atoms with E-state index in [0.29, 0.717) is 34.8 Å². The minimum Gasteiger partial charge on any atom is -0.307 e. The highest BCUT2D eigenvalue weighted by molar-refractivity contribution is 6.31. The number of benzene rings is 2. The minimum atomic E-state index is -0.124. The molecule has 0 fully saturated rings. The number of Topliss-reactive ketones (excluding diaryl/α,β-unsaturated/α-hetero) is 1. The monoisotopic (exact) mass is 299 g/mol. The molecular formula is C17H14ClNO2. The van der Waals surface area contributed by atoms with Crippen LogP contribution in [-0.2, 0) is 0 Å². The average Bonchev–Trinajstić information content (AvgIpc) is 2.46. The van der Waals surface area contributed by atoms with E-state index in [-0.39, 0.29) is 11.7 Å². The molecule has 0 radical (unpaired) electrons. The number of anilines is 1. The lowest BCUT2D eigenvalue weighted by atomic mass is 9.99. The number of carbonyl (C=O) groups excluding carboxylic acids is 2. The van der Waals surface area contributed by atoms with Crippen molar-refractivity contribution in [2.75, 3.05) is 11.4 Å². The molecular weight excluding hydrogens is 286 g/mol. The normalized spacial score (nSPS) is 14.0. The van der Waals surface area contributed by atoms with Crippen molar-refractivity contribution >= 4 is 29.0 Å². The molecule has 1 aliphatic rings. The van der Waals surface area contributed by atoms with Crippen molar-refractivity contribution in [2.45, 2.75) is 13.3 Å². The van der Waals surface area contributed by atoms with Gasteiger partial charge in [-0.05, 0) is 42.8 Å². The molecule has 0 aromatic heterocycles. The fourth-order valence-electron chi connectivity index (χ4n) is 2.64. The zero-order valence-electron chi connectivity index (χ0n) is 11.6. The summed E-state index contributed by atoms with van der Waals surface area (Å²) < 4.78 is 0. The van der Waals surface area contributed by atoms with Crippen LogP contribution in [0, 0.1) is 6.92 Å². The Morgan fingerprint density at radius 2 is 1.95 bits per heavy atom. The number of para-hydroxylation sites is 1. The maximum Gasteiger partial charge on any atom is 0.258 e. The first-order chi connectivity index (χ1) is 10.1. The molecule has 2 aromatic rings. The topological polar surface area (TPSA) is 37.4 Å². The molecule has 3 nitrogen and oxygen atoms in total. The molecule has 0 bridgehead atoms. The van der Waals surface area contributed by atoms with Crippen molar-refractivity contribution in [3.63, 3.8) is 0 Å². The third-order valence-corrected chi connectivity index (χ3v) is 3.81. The van der Waals surface area contributed by atoms with Crippen LogP contribution in [0.5, 0.6) is 0 Å². The number of aryl methyl sites for hydroxylation is 1. The molecule has 3 rings (SSSR count). The number of halogens is 1. The molecule has 0 saturated heterocycles. The van der Waals surface area contributed by atoms with E-state index in [0.717, 1.165) is 5.56 Å². The predicted octanol–water partition coefficient (Wildman–Crippen LogP) is 3.88. The van der Waals surface area contributed by atoms with Crippen molar-refractivity contribution < 1.29 is 9.59 Å². The van der Waals surface area contributed by atoms with E-state index in [1.807, 2.05) is 37.3 Å². The number of carbonyl (C=O) groups is 2. The molecule has 1 amide bonds. The Labute approximate surface area is 128 Å². The second-order valence-electron chi connectivity index (χ2n) is 5.16. The Hall–Kier alpha value is -2.13. The summed E-state index contributed by atoms with van der Waals surface area (Å²) in [5.41, 5.74) is 2.77. The quantitative estimate of drug-likeness (QED) is 0.801. The number of hydrogen-bond acceptors (Lipinski definition) is 2.